The van der Waals surface area contributed by atoms with Crippen LogP contribution in [0.25, 0.3) is 0 Å². The van der Waals surface area contributed by atoms with Gasteiger partial charge in [-0.3, -0.25) is 9.59 Å². The van der Waals surface area contributed by atoms with Gasteiger partial charge in [0.25, 0.3) is 0 Å². The number of carbonyl (C=O) groups is 2. The summed E-state index contributed by atoms with van der Waals surface area (Å²) in [5.74, 6) is -0.323. The maximum atomic E-state index is 12.0. The highest BCUT2D eigenvalue weighted by Crippen LogP contribution is 2.29. The van der Waals surface area contributed by atoms with Crippen LogP contribution in [0, 0.1) is 0 Å². The third-order valence-corrected chi connectivity index (χ3v) is 3.67. The Morgan fingerprint density at radius 1 is 1.19 bits per heavy atom. The van der Waals surface area contributed by atoms with Crippen molar-refractivity contribution in [3.05, 3.63) is 28.2 Å². The maximum absolute atomic E-state index is 12.0. The van der Waals surface area contributed by atoms with E-state index in [1.807, 2.05) is 13.8 Å². The highest BCUT2D eigenvalue weighted by molar-refractivity contribution is 6.39. The number of hydrogen-bond acceptors (Lipinski definition) is 2. The number of hydrogen-bond donors (Lipinski definition) is 1. The van der Waals surface area contributed by atoms with Crippen LogP contribution in [-0.2, 0) is 9.59 Å². The summed E-state index contributed by atoms with van der Waals surface area (Å²) in [5.41, 5.74) is 0.378. The molecule has 0 spiro atoms. The standard InChI is InChI=1S/C15H20Cl2N2O2/c1-3-5-9-14(21)19(4-2)10-13(20)18-15-11(16)7-6-8-12(15)17/h6-8H,3-5,9-10H2,1-2H3,(H,18,20). The van der Waals surface area contributed by atoms with Gasteiger partial charge >= 0.3 is 0 Å². The Kier molecular flexibility index (Phi) is 7.54. The van der Waals surface area contributed by atoms with Crippen LogP contribution in [0.2, 0.25) is 10.0 Å². The summed E-state index contributed by atoms with van der Waals surface area (Å²) < 4.78 is 0. The van der Waals surface area contributed by atoms with E-state index < -0.39 is 0 Å². The van der Waals surface area contributed by atoms with Gasteiger partial charge in [-0.25, -0.2) is 0 Å². The van der Waals surface area contributed by atoms with Crippen LogP contribution in [0.5, 0.6) is 0 Å². The molecule has 0 fully saturated rings. The minimum absolute atomic E-state index is 0.000595. The van der Waals surface area contributed by atoms with Gasteiger partial charge < -0.3 is 10.2 Å². The summed E-state index contributed by atoms with van der Waals surface area (Å²) >= 11 is 12.0. The van der Waals surface area contributed by atoms with Crippen LogP contribution in [0.4, 0.5) is 5.69 Å². The van der Waals surface area contributed by atoms with Crippen molar-refractivity contribution in [3.63, 3.8) is 0 Å². The molecule has 0 atom stereocenters. The van der Waals surface area contributed by atoms with E-state index in [2.05, 4.69) is 5.32 Å². The van der Waals surface area contributed by atoms with Gasteiger partial charge in [-0.15, -0.1) is 0 Å². The lowest BCUT2D eigenvalue weighted by molar-refractivity contribution is -0.134. The second-order valence-corrected chi connectivity index (χ2v) is 5.47. The van der Waals surface area contributed by atoms with Gasteiger partial charge in [-0.05, 0) is 25.5 Å². The maximum Gasteiger partial charge on any atom is 0.244 e. The SMILES string of the molecule is CCCCC(=O)N(CC)CC(=O)Nc1c(Cl)cccc1Cl. The molecule has 6 heteroatoms. The van der Waals surface area contributed by atoms with Gasteiger partial charge in [0.2, 0.25) is 11.8 Å². The lowest BCUT2D eigenvalue weighted by Gasteiger charge is -2.20. The number of likely N-dealkylation sites (N-methyl/N-ethyl adjacent to an activating group) is 1. The minimum atomic E-state index is -0.309. The van der Waals surface area contributed by atoms with Gasteiger partial charge in [0.15, 0.2) is 0 Å². The number of para-hydroxylation sites is 1. The Hall–Kier alpha value is -1.26. The number of carbonyl (C=O) groups excluding carboxylic acids is 2. The Labute approximate surface area is 135 Å². The zero-order chi connectivity index (χ0) is 15.8. The highest BCUT2D eigenvalue weighted by Gasteiger charge is 2.16. The largest absolute Gasteiger partial charge is 0.334 e. The Bertz CT molecular complexity index is 486. The van der Waals surface area contributed by atoms with Crippen LogP contribution >= 0.6 is 23.2 Å². The quantitative estimate of drug-likeness (QED) is 0.822. The zero-order valence-corrected chi connectivity index (χ0v) is 13.8. The van der Waals surface area contributed by atoms with E-state index in [-0.39, 0.29) is 18.4 Å². The number of rotatable bonds is 7. The molecule has 0 radical (unpaired) electrons. The van der Waals surface area contributed by atoms with Crippen molar-refractivity contribution in [2.24, 2.45) is 0 Å². The Balaban J connectivity index is 2.65. The molecular formula is C15H20Cl2N2O2. The molecule has 1 N–H and O–H groups in total. The molecule has 116 valence electrons. The van der Waals surface area contributed by atoms with E-state index in [0.717, 1.165) is 12.8 Å². The van der Waals surface area contributed by atoms with Gasteiger partial charge in [0.1, 0.15) is 0 Å². The van der Waals surface area contributed by atoms with Crippen LogP contribution in [0.3, 0.4) is 0 Å². The molecule has 2 amide bonds. The van der Waals surface area contributed by atoms with E-state index in [4.69, 9.17) is 23.2 Å². The molecule has 21 heavy (non-hydrogen) atoms. The van der Waals surface area contributed by atoms with E-state index in [1.165, 1.54) is 4.90 Å². The predicted octanol–water partition coefficient (Wildman–Crippen LogP) is 3.97. The van der Waals surface area contributed by atoms with Crippen molar-refractivity contribution in [1.29, 1.82) is 0 Å². The number of unbranched alkanes of at least 4 members (excludes halogenated alkanes) is 1. The van der Waals surface area contributed by atoms with Crippen molar-refractivity contribution in [2.45, 2.75) is 33.1 Å². The fourth-order valence-electron chi connectivity index (χ4n) is 1.83. The molecule has 0 heterocycles. The molecule has 0 aliphatic carbocycles. The average molecular weight is 331 g/mol. The van der Waals surface area contributed by atoms with Gasteiger partial charge in [-0.1, -0.05) is 42.6 Å². The highest BCUT2D eigenvalue weighted by atomic mass is 35.5. The van der Waals surface area contributed by atoms with Crippen LogP contribution < -0.4 is 5.32 Å². The second kappa shape index (κ2) is 8.90. The first kappa shape index (κ1) is 17.8. The first-order chi connectivity index (χ1) is 9.99. The van der Waals surface area contributed by atoms with Crippen molar-refractivity contribution < 1.29 is 9.59 Å². The van der Waals surface area contributed by atoms with Gasteiger partial charge in [0.05, 0.1) is 22.3 Å². The molecule has 0 aliphatic rings. The van der Waals surface area contributed by atoms with E-state index >= 15 is 0 Å². The third kappa shape index (κ3) is 5.56. The summed E-state index contributed by atoms with van der Waals surface area (Å²) in [4.78, 5) is 25.5. The zero-order valence-electron chi connectivity index (χ0n) is 12.3. The number of amides is 2. The monoisotopic (exact) mass is 330 g/mol. The first-order valence-electron chi connectivity index (χ1n) is 7.01. The number of nitrogens with zero attached hydrogens (tertiary/aromatic N) is 1. The van der Waals surface area contributed by atoms with Crippen LogP contribution in [-0.4, -0.2) is 29.8 Å². The third-order valence-electron chi connectivity index (χ3n) is 3.04. The lowest BCUT2D eigenvalue weighted by Crippen LogP contribution is -2.37. The molecule has 0 saturated heterocycles. The molecule has 1 aromatic carbocycles. The molecule has 4 nitrogen and oxygen atoms in total. The Morgan fingerprint density at radius 3 is 2.33 bits per heavy atom. The minimum Gasteiger partial charge on any atom is -0.334 e. The van der Waals surface area contributed by atoms with Crippen LogP contribution in [0.1, 0.15) is 33.1 Å². The Morgan fingerprint density at radius 2 is 1.81 bits per heavy atom. The van der Waals surface area contributed by atoms with E-state index in [1.54, 1.807) is 18.2 Å². The smallest absolute Gasteiger partial charge is 0.244 e. The molecule has 0 bridgehead atoms. The summed E-state index contributed by atoms with van der Waals surface area (Å²) in [6.07, 6.45) is 2.24. The molecule has 0 unspecified atom stereocenters. The second-order valence-electron chi connectivity index (χ2n) is 4.66. The summed E-state index contributed by atoms with van der Waals surface area (Å²) in [6.45, 7) is 4.36. The lowest BCUT2D eigenvalue weighted by atomic mass is 10.2. The van der Waals surface area contributed by atoms with Crippen molar-refractivity contribution in [3.8, 4) is 0 Å². The number of benzene rings is 1. The normalized spacial score (nSPS) is 10.3. The number of anilines is 1. The molecule has 1 aromatic rings. The number of nitrogens with one attached hydrogen (secondary N) is 1. The molecule has 1 rings (SSSR count). The van der Waals surface area contributed by atoms with Crippen molar-refractivity contribution in [2.75, 3.05) is 18.4 Å². The molecular weight excluding hydrogens is 311 g/mol. The van der Waals surface area contributed by atoms with Gasteiger partial charge in [0, 0.05) is 13.0 Å². The number of halogens is 2. The topological polar surface area (TPSA) is 49.4 Å². The van der Waals surface area contributed by atoms with E-state index in [0.29, 0.717) is 28.7 Å². The van der Waals surface area contributed by atoms with E-state index in [9.17, 15) is 9.59 Å². The van der Waals surface area contributed by atoms with Gasteiger partial charge in [-0.2, -0.15) is 0 Å². The molecule has 0 saturated carbocycles. The van der Waals surface area contributed by atoms with Crippen molar-refractivity contribution in [1.82, 2.24) is 4.90 Å². The molecule has 0 aliphatic heterocycles. The fourth-order valence-corrected chi connectivity index (χ4v) is 2.32. The molecule has 0 aromatic heterocycles. The summed E-state index contributed by atoms with van der Waals surface area (Å²) in [6, 6.07) is 4.99. The first-order valence-corrected chi connectivity index (χ1v) is 7.76. The van der Waals surface area contributed by atoms with Crippen LogP contribution in [0.15, 0.2) is 18.2 Å². The predicted molar refractivity (Wildman–Crippen MR) is 86.9 cm³/mol. The summed E-state index contributed by atoms with van der Waals surface area (Å²) in [5, 5.41) is 3.40. The summed E-state index contributed by atoms with van der Waals surface area (Å²) in [7, 11) is 0. The average Bonchev–Trinajstić information content (AvgIpc) is 2.46. The fraction of sp³-hybridized carbons (Fsp3) is 0.467. The van der Waals surface area contributed by atoms with Crippen molar-refractivity contribution >= 4 is 40.7 Å².